The standard InChI is InChI=1S/C9H10BF3N.K/c11-10(12,13)5-9-4-3-8(6-14-9)7-1-2-7;/h3-4,6-7H,1-2,5H2;/q-1;+1. The van der Waals surface area contributed by atoms with Crippen molar-refractivity contribution in [2.45, 2.75) is 25.1 Å². The van der Waals surface area contributed by atoms with Gasteiger partial charge in [0.25, 0.3) is 0 Å². The Hall–Kier alpha value is 0.641. The molecule has 6 heteroatoms. The summed E-state index contributed by atoms with van der Waals surface area (Å²) >= 11 is 0. The first-order valence-corrected chi connectivity index (χ1v) is 4.70. The van der Waals surface area contributed by atoms with E-state index in [1.54, 1.807) is 12.3 Å². The molecule has 0 spiro atoms. The van der Waals surface area contributed by atoms with Gasteiger partial charge in [0.1, 0.15) is 0 Å². The topological polar surface area (TPSA) is 12.9 Å². The first-order chi connectivity index (χ1) is 6.54. The Balaban J connectivity index is 0.00000112. The number of aromatic nitrogens is 1. The molecule has 1 aromatic heterocycles. The normalized spacial score (nSPS) is 15.9. The predicted molar refractivity (Wildman–Crippen MR) is 49.0 cm³/mol. The molecule has 1 heterocycles. The van der Waals surface area contributed by atoms with Crippen LogP contribution in [0.4, 0.5) is 12.9 Å². The van der Waals surface area contributed by atoms with Gasteiger partial charge < -0.3 is 12.9 Å². The second kappa shape index (κ2) is 5.31. The molecule has 1 nitrogen and oxygen atoms in total. The van der Waals surface area contributed by atoms with Crippen LogP contribution < -0.4 is 51.4 Å². The second-order valence-corrected chi connectivity index (χ2v) is 3.77. The molecule has 0 aromatic carbocycles. The van der Waals surface area contributed by atoms with Crippen LogP contribution in [0.15, 0.2) is 18.3 Å². The molecule has 1 fully saturated rings. The minimum absolute atomic E-state index is 0. The molecule has 0 bridgehead atoms. The summed E-state index contributed by atoms with van der Waals surface area (Å²) in [5, 5.41) is 0. The smallest absolute Gasteiger partial charge is 0.449 e. The summed E-state index contributed by atoms with van der Waals surface area (Å²) < 4.78 is 36.1. The molecule has 2 rings (SSSR count). The largest absolute Gasteiger partial charge is 1.00 e. The molecule has 1 aliphatic carbocycles. The SMILES string of the molecule is F[B-](F)(F)Cc1ccc(C2CC2)cn1.[K+]. The molecule has 1 aromatic rings. The van der Waals surface area contributed by atoms with E-state index in [0.29, 0.717) is 5.92 Å². The number of hydrogen-bond acceptors (Lipinski definition) is 1. The van der Waals surface area contributed by atoms with Crippen LogP contribution in [0.25, 0.3) is 0 Å². The number of rotatable bonds is 3. The van der Waals surface area contributed by atoms with Crippen LogP contribution in [0.3, 0.4) is 0 Å². The van der Waals surface area contributed by atoms with Crippen LogP contribution in [0.1, 0.15) is 30.0 Å². The first-order valence-electron chi connectivity index (χ1n) is 4.70. The Kier molecular flexibility index (Phi) is 4.86. The van der Waals surface area contributed by atoms with E-state index in [2.05, 4.69) is 4.98 Å². The summed E-state index contributed by atoms with van der Waals surface area (Å²) in [6.07, 6.45) is 2.99. The Bertz CT molecular complexity index is 321. The molecule has 0 unspecified atom stereocenters. The molecule has 1 saturated carbocycles. The fourth-order valence-corrected chi connectivity index (χ4v) is 1.45. The number of pyridine rings is 1. The van der Waals surface area contributed by atoms with Crippen molar-refractivity contribution in [3.8, 4) is 0 Å². The van der Waals surface area contributed by atoms with E-state index in [0.717, 1.165) is 18.4 Å². The van der Waals surface area contributed by atoms with Gasteiger partial charge in [0, 0.05) is 11.9 Å². The van der Waals surface area contributed by atoms with Crippen LogP contribution in [-0.4, -0.2) is 12.0 Å². The van der Waals surface area contributed by atoms with E-state index in [1.165, 1.54) is 6.07 Å². The van der Waals surface area contributed by atoms with E-state index >= 15 is 0 Å². The van der Waals surface area contributed by atoms with E-state index in [-0.39, 0.29) is 57.1 Å². The quantitative estimate of drug-likeness (QED) is 0.671. The molecule has 0 saturated heterocycles. The third-order valence-corrected chi connectivity index (χ3v) is 2.34. The van der Waals surface area contributed by atoms with Gasteiger partial charge in [0.2, 0.25) is 0 Å². The zero-order chi connectivity index (χ0) is 10.2. The van der Waals surface area contributed by atoms with Crippen LogP contribution in [0.2, 0.25) is 0 Å². The van der Waals surface area contributed by atoms with Gasteiger partial charge in [-0.25, -0.2) is 0 Å². The average Bonchev–Trinajstić information content (AvgIpc) is 2.85. The zero-order valence-electron chi connectivity index (χ0n) is 8.59. The molecule has 0 aliphatic heterocycles. The van der Waals surface area contributed by atoms with Crippen molar-refractivity contribution in [1.82, 2.24) is 4.98 Å². The van der Waals surface area contributed by atoms with Crippen molar-refractivity contribution in [2.24, 2.45) is 0 Å². The van der Waals surface area contributed by atoms with Crippen LogP contribution >= 0.6 is 0 Å². The van der Waals surface area contributed by atoms with Crippen molar-refractivity contribution in [3.05, 3.63) is 29.6 Å². The van der Waals surface area contributed by atoms with Crippen molar-refractivity contribution in [2.75, 3.05) is 0 Å². The number of halogens is 3. The maximum Gasteiger partial charge on any atom is 1.00 e. The zero-order valence-corrected chi connectivity index (χ0v) is 11.7. The number of hydrogen-bond donors (Lipinski definition) is 0. The van der Waals surface area contributed by atoms with Gasteiger partial charge in [-0.15, -0.1) is 0 Å². The summed E-state index contributed by atoms with van der Waals surface area (Å²) in [6, 6.07) is 3.25. The van der Waals surface area contributed by atoms with Crippen molar-refractivity contribution < 1.29 is 64.3 Å². The molecular weight excluding hydrogens is 229 g/mol. The molecule has 0 atom stereocenters. The van der Waals surface area contributed by atoms with Gasteiger partial charge in [0.15, 0.2) is 0 Å². The summed E-state index contributed by atoms with van der Waals surface area (Å²) in [5.74, 6) is 0.549. The Morgan fingerprint density at radius 1 is 1.27 bits per heavy atom. The van der Waals surface area contributed by atoms with Gasteiger partial charge >= 0.3 is 58.4 Å². The van der Waals surface area contributed by atoms with E-state index in [4.69, 9.17) is 0 Å². The monoisotopic (exact) mass is 239 g/mol. The van der Waals surface area contributed by atoms with Gasteiger partial charge in [-0.1, -0.05) is 6.07 Å². The first kappa shape index (κ1) is 13.7. The van der Waals surface area contributed by atoms with Crippen molar-refractivity contribution in [1.29, 1.82) is 0 Å². The third kappa shape index (κ3) is 4.56. The Morgan fingerprint density at radius 3 is 2.33 bits per heavy atom. The summed E-state index contributed by atoms with van der Waals surface area (Å²) in [5.41, 5.74) is 1.20. The molecule has 0 N–H and O–H groups in total. The maximum absolute atomic E-state index is 12.0. The molecule has 0 radical (unpaired) electrons. The maximum atomic E-state index is 12.0. The summed E-state index contributed by atoms with van der Waals surface area (Å²) in [6.45, 7) is -4.76. The van der Waals surface area contributed by atoms with E-state index in [1.807, 2.05) is 0 Å². The second-order valence-electron chi connectivity index (χ2n) is 3.77. The van der Waals surface area contributed by atoms with Crippen LogP contribution in [-0.2, 0) is 6.32 Å². The number of nitrogens with zero attached hydrogens (tertiary/aromatic N) is 1. The molecule has 1 aliphatic rings. The minimum atomic E-state index is -4.76. The minimum Gasteiger partial charge on any atom is -0.449 e. The van der Waals surface area contributed by atoms with Crippen LogP contribution in [0.5, 0.6) is 0 Å². The third-order valence-electron chi connectivity index (χ3n) is 2.34. The van der Waals surface area contributed by atoms with E-state index < -0.39 is 13.3 Å². The Labute approximate surface area is 129 Å². The van der Waals surface area contributed by atoms with Gasteiger partial charge in [-0.2, -0.15) is 0 Å². The van der Waals surface area contributed by atoms with E-state index in [9.17, 15) is 12.9 Å². The fourth-order valence-electron chi connectivity index (χ4n) is 1.45. The molecule has 76 valence electrons. The van der Waals surface area contributed by atoms with Gasteiger partial charge in [0.05, 0.1) is 0 Å². The average molecular weight is 239 g/mol. The molecular formula is C9H10BF3KN. The summed E-state index contributed by atoms with van der Waals surface area (Å²) in [4.78, 5) is 3.82. The molecule has 15 heavy (non-hydrogen) atoms. The van der Waals surface area contributed by atoms with Crippen molar-refractivity contribution >= 4 is 6.98 Å². The van der Waals surface area contributed by atoms with Crippen molar-refractivity contribution in [3.63, 3.8) is 0 Å². The molecule has 0 amide bonds. The van der Waals surface area contributed by atoms with Gasteiger partial charge in [-0.3, -0.25) is 4.98 Å². The van der Waals surface area contributed by atoms with Crippen LogP contribution in [0, 0.1) is 0 Å². The van der Waals surface area contributed by atoms with Gasteiger partial charge in [-0.05, 0) is 36.7 Å². The summed E-state index contributed by atoms with van der Waals surface area (Å²) in [7, 11) is 0. The fraction of sp³-hybridized carbons (Fsp3) is 0.444. The predicted octanol–water partition coefficient (Wildman–Crippen LogP) is -0.108. The Morgan fingerprint density at radius 2 is 1.93 bits per heavy atom.